The van der Waals surface area contributed by atoms with Gasteiger partial charge in [0.15, 0.2) is 0 Å². The van der Waals surface area contributed by atoms with Gasteiger partial charge in [-0.15, -0.1) is 11.1 Å². The molecule has 0 atom stereocenters. The summed E-state index contributed by atoms with van der Waals surface area (Å²) in [7, 11) is 0. The Balaban J connectivity index is 0.000000174. The smallest absolute Gasteiger partial charge is 0.172 e. The number of hydrogen-bond acceptors (Lipinski definition) is 0. The molecule has 0 N–H and O–H groups in total. The molecule has 0 bridgehead atoms. The zero-order valence-corrected chi connectivity index (χ0v) is 28.8. The van der Waals surface area contributed by atoms with Gasteiger partial charge in [-0.25, -0.2) is 12.1 Å². The quantitative estimate of drug-likeness (QED) is 0.240. The van der Waals surface area contributed by atoms with Crippen LogP contribution in [-0.4, -0.2) is 3.21 Å². The van der Waals surface area contributed by atoms with E-state index in [1.54, 1.807) is 0 Å². The minimum atomic E-state index is 0. The van der Waals surface area contributed by atoms with Gasteiger partial charge >= 0.3 is 145 Å². The molecule has 7 aromatic carbocycles. The first-order valence-corrected chi connectivity index (χ1v) is 15.6. The summed E-state index contributed by atoms with van der Waals surface area (Å²) in [5.41, 5.74) is 10.9. The second-order valence-corrected chi connectivity index (χ2v) is 12.0. The number of fused-ring (bicyclic) bond motifs is 5. The molecule has 0 spiro atoms. The van der Waals surface area contributed by atoms with Crippen LogP contribution in [0.25, 0.3) is 32.7 Å². The summed E-state index contributed by atoms with van der Waals surface area (Å²) in [6, 6.07) is 55.0. The molecule has 44 heavy (non-hydrogen) atoms. The van der Waals surface area contributed by atoms with Gasteiger partial charge in [0.2, 0.25) is 0 Å². The fourth-order valence-corrected chi connectivity index (χ4v) is 6.79. The Bertz CT molecular complexity index is 1850. The first-order valence-electron chi connectivity index (χ1n) is 14.4. The van der Waals surface area contributed by atoms with Gasteiger partial charge in [0.25, 0.3) is 0 Å². The first kappa shape index (κ1) is 33.4. The van der Waals surface area contributed by atoms with Crippen LogP contribution in [0.4, 0.5) is 0 Å². The molecular weight excluding hydrogens is 655 g/mol. The summed E-state index contributed by atoms with van der Waals surface area (Å²) in [6.45, 7) is 4.26. The summed E-state index contributed by atoms with van der Waals surface area (Å²) in [4.78, 5) is 0. The standard InChI is InChI=1S/C21H14.C15H13.C5H5.2ClH.Zr/c1-3-13-20-16(7-1)9-5-11-18(20)15-19-12-6-10-17-8-2-4-14-21(17)19;1-10-3-5-14-12(7-10)9-13-8-11(2)4-6-15(13)14;1-2-4-5-3-1;;;/h1-14H;3-7H,9H2,1-2H3;1-5H;2*1H;/q;2*-1;;;+2/p-2. The van der Waals surface area contributed by atoms with Crippen molar-refractivity contribution in [2.75, 3.05) is 0 Å². The number of hydrogen-bond donors (Lipinski definition) is 0. The van der Waals surface area contributed by atoms with Gasteiger partial charge in [-0.1, -0.05) is 36.2 Å². The van der Waals surface area contributed by atoms with Crippen LogP contribution >= 0.6 is 0 Å². The predicted molar refractivity (Wildman–Crippen MR) is 176 cm³/mol. The second-order valence-electron chi connectivity index (χ2n) is 10.8. The molecule has 8 rings (SSSR count). The van der Waals surface area contributed by atoms with E-state index in [1.165, 1.54) is 93.5 Å². The maximum Gasteiger partial charge on any atom is -0.172 e. The van der Waals surface area contributed by atoms with E-state index < -0.39 is 0 Å². The summed E-state index contributed by atoms with van der Waals surface area (Å²) >= 11 is 1.44. The van der Waals surface area contributed by atoms with Crippen LogP contribution in [-0.2, 0) is 30.7 Å². The minimum absolute atomic E-state index is 0. The number of aryl methyl sites for hydroxylation is 2. The van der Waals surface area contributed by atoms with Gasteiger partial charge in [0.1, 0.15) is 0 Å². The van der Waals surface area contributed by atoms with Crippen LogP contribution in [0.2, 0.25) is 0 Å². The largest absolute Gasteiger partial charge is 0.214 e. The fraction of sp³-hybridized carbons (Fsp3) is 0.0732. The van der Waals surface area contributed by atoms with Gasteiger partial charge in [0.05, 0.1) is 0 Å². The minimum Gasteiger partial charge on any atom is -0.214 e. The van der Waals surface area contributed by atoms with E-state index >= 15 is 0 Å². The topological polar surface area (TPSA) is 0 Å². The van der Waals surface area contributed by atoms with Crippen molar-refractivity contribution in [3.63, 3.8) is 0 Å². The van der Waals surface area contributed by atoms with Crippen LogP contribution in [0.5, 0.6) is 0 Å². The molecule has 0 unspecified atom stereocenters. The summed E-state index contributed by atoms with van der Waals surface area (Å²) in [5.74, 6) is 0. The first-order chi connectivity index (χ1) is 20.6. The maximum absolute atomic E-state index is 3.45. The zero-order chi connectivity index (χ0) is 28.9. The van der Waals surface area contributed by atoms with Crippen molar-refractivity contribution in [2.24, 2.45) is 0 Å². The van der Waals surface area contributed by atoms with Gasteiger partial charge in [-0.05, 0) is 18.9 Å². The number of rotatable bonds is 2. The van der Waals surface area contributed by atoms with Crippen molar-refractivity contribution in [1.29, 1.82) is 0 Å². The maximum atomic E-state index is 3.45. The summed E-state index contributed by atoms with van der Waals surface area (Å²) < 4.78 is 1.42. The molecule has 216 valence electrons. The Morgan fingerprint density at radius 1 is 0.614 bits per heavy atom. The van der Waals surface area contributed by atoms with Crippen LogP contribution in [0.15, 0.2) is 146 Å². The van der Waals surface area contributed by atoms with Crippen molar-refractivity contribution >= 4 is 24.8 Å². The van der Waals surface area contributed by atoms with E-state index in [9.17, 15) is 0 Å². The zero-order valence-electron chi connectivity index (χ0n) is 24.8. The van der Waals surface area contributed by atoms with Crippen molar-refractivity contribution < 1.29 is 49.0 Å². The summed E-state index contributed by atoms with van der Waals surface area (Å²) in [6.07, 6.45) is 1.05. The summed E-state index contributed by atoms with van der Waals surface area (Å²) in [5, 5.41) is 5.29. The van der Waals surface area contributed by atoms with Crippen molar-refractivity contribution in [3.8, 4) is 11.1 Å². The Hall–Kier alpha value is -3.48. The van der Waals surface area contributed by atoms with E-state index in [-0.39, 0.29) is 24.8 Å². The normalized spacial score (nSPS) is 10.6. The van der Waals surface area contributed by atoms with Crippen molar-refractivity contribution in [2.45, 2.75) is 20.3 Å². The molecule has 0 aromatic heterocycles. The van der Waals surface area contributed by atoms with Gasteiger partial charge < -0.3 is 24.8 Å². The number of benzene rings is 6. The third-order valence-electron chi connectivity index (χ3n) is 7.76. The van der Waals surface area contributed by atoms with Crippen LogP contribution in [0, 0.1) is 19.9 Å². The molecule has 0 radical (unpaired) electrons. The van der Waals surface area contributed by atoms with Gasteiger partial charge in [-0.2, -0.15) is 42.0 Å². The Kier molecular flexibility index (Phi) is 11.8. The third kappa shape index (κ3) is 7.42. The molecular formula is C41H32Cl2Zr-2. The molecule has 0 saturated heterocycles. The monoisotopic (exact) mass is 684 g/mol. The SMILES string of the molecule is Cc1[c-]c2c(cc1)-c1ccc(C)cc1C2.[Cl-].[Cl-].[Zr+2]=[C](c1cccc2ccccc12)c1cccc2ccccc12.c1cc[cH-]c1. The average Bonchev–Trinajstić information content (AvgIpc) is 3.72. The Morgan fingerprint density at radius 3 is 1.73 bits per heavy atom. The molecule has 0 saturated carbocycles. The molecule has 1 aliphatic rings. The van der Waals surface area contributed by atoms with Crippen LogP contribution < -0.4 is 24.8 Å². The van der Waals surface area contributed by atoms with E-state index in [1.807, 2.05) is 30.3 Å². The third-order valence-corrected chi connectivity index (χ3v) is 9.09. The molecule has 1 aliphatic carbocycles. The Morgan fingerprint density at radius 2 is 1.16 bits per heavy atom. The van der Waals surface area contributed by atoms with Crippen molar-refractivity contribution in [1.82, 2.24) is 0 Å². The predicted octanol–water partition coefficient (Wildman–Crippen LogP) is 4.20. The molecule has 0 nitrogen and oxygen atoms in total. The van der Waals surface area contributed by atoms with Crippen LogP contribution in [0.3, 0.4) is 0 Å². The molecule has 0 heterocycles. The van der Waals surface area contributed by atoms with Crippen LogP contribution in [0.1, 0.15) is 33.4 Å². The number of halogens is 2. The molecule has 0 fully saturated rings. The van der Waals surface area contributed by atoms with E-state index in [0.717, 1.165) is 6.42 Å². The van der Waals surface area contributed by atoms with E-state index in [0.29, 0.717) is 0 Å². The Labute approximate surface area is 288 Å². The molecule has 3 heteroatoms. The van der Waals surface area contributed by atoms with Crippen molar-refractivity contribution in [3.05, 3.63) is 185 Å². The van der Waals surface area contributed by atoms with E-state index in [2.05, 4.69) is 135 Å². The average molecular weight is 687 g/mol. The second kappa shape index (κ2) is 15.5. The molecule has 7 aromatic rings. The molecule has 0 amide bonds. The van der Waals surface area contributed by atoms with Gasteiger partial charge in [0, 0.05) is 0 Å². The van der Waals surface area contributed by atoms with Gasteiger partial charge in [-0.3, -0.25) is 0 Å². The fourth-order valence-electron chi connectivity index (χ4n) is 5.72. The van der Waals surface area contributed by atoms with E-state index in [4.69, 9.17) is 0 Å². The molecule has 0 aliphatic heterocycles.